The molecule has 0 saturated heterocycles. The molecule has 586 valence electrons. The van der Waals surface area contributed by atoms with Crippen molar-refractivity contribution in [3.05, 3.63) is 239 Å². The van der Waals surface area contributed by atoms with Gasteiger partial charge in [-0.3, -0.25) is 23.2 Å². The van der Waals surface area contributed by atoms with E-state index in [1.807, 2.05) is 188 Å². The summed E-state index contributed by atoms with van der Waals surface area (Å²) in [6.45, 7) is 1.06. The largest absolute Gasteiger partial charge is 0.497 e. The second kappa shape index (κ2) is 51.6. The molecule has 0 aliphatic heterocycles. The molecule has 1 saturated carbocycles. The van der Waals surface area contributed by atoms with Crippen molar-refractivity contribution in [1.82, 2.24) is 5.32 Å². The predicted octanol–water partition coefficient (Wildman–Crippen LogP) is 18.8. The van der Waals surface area contributed by atoms with Crippen LogP contribution in [0.3, 0.4) is 0 Å². The first-order valence-corrected chi connectivity index (χ1v) is 40.0. The van der Waals surface area contributed by atoms with Gasteiger partial charge in [-0.2, -0.15) is 0 Å². The second-order valence-electron chi connectivity index (χ2n) is 27.0. The van der Waals surface area contributed by atoms with E-state index >= 15 is 4.57 Å². The van der Waals surface area contributed by atoms with E-state index in [2.05, 4.69) is 12.2 Å². The molecule has 8 rings (SSSR count). The fraction of sp³-hybridized carbons (Fsp3) is 0.483. The van der Waals surface area contributed by atoms with Crippen molar-refractivity contribution >= 4 is 25.9 Å². The van der Waals surface area contributed by atoms with Crippen LogP contribution in [0.15, 0.2) is 200 Å². The topological polar surface area (TPSA) is 219 Å². The number of nitrogens with one attached hydrogen (secondary N) is 1. The Morgan fingerprint density at radius 1 is 0.361 bits per heavy atom. The SMILES string of the molecule is CCCCCCCCCCCCCCCCCC(=O)O[C@@H](COC(=O)CCCCCNC(=O)OCc1ccccc1)COP(=O)(OCc1ccccc1)O[C@@H]1[C@H](OCOCc2ccccc2)[C@H](OCc2ccccc2)[C@@H](OCc2ccc(OC)cc2)[C@H](OCc2ccc(OC)cc2)[C@H]1OCOCc1ccccc1. The van der Waals surface area contributed by atoms with E-state index in [9.17, 15) is 14.4 Å². The van der Waals surface area contributed by atoms with Gasteiger partial charge in [-0.15, -0.1) is 0 Å². The minimum Gasteiger partial charge on any atom is -0.497 e. The average molecular weight is 1510 g/mol. The maximum absolute atomic E-state index is 16.5. The van der Waals surface area contributed by atoms with Gasteiger partial charge >= 0.3 is 25.9 Å². The molecule has 1 fully saturated rings. The summed E-state index contributed by atoms with van der Waals surface area (Å²) in [6.07, 6.45) is 9.81. The Bertz CT molecular complexity index is 3550. The van der Waals surface area contributed by atoms with Crippen LogP contribution in [0.4, 0.5) is 4.79 Å². The zero-order valence-electron chi connectivity index (χ0n) is 63.4. The number of phosphoric acid groups is 1. The maximum atomic E-state index is 16.5. The van der Waals surface area contributed by atoms with Gasteiger partial charge in [-0.25, -0.2) is 9.36 Å². The maximum Gasteiger partial charge on any atom is 0.475 e. The van der Waals surface area contributed by atoms with Gasteiger partial charge in [0.1, 0.15) is 74.9 Å². The number of ether oxygens (including phenoxy) is 12. The molecule has 7 aromatic rings. The molecule has 0 spiro atoms. The number of hydrogen-bond donors (Lipinski definition) is 1. The van der Waals surface area contributed by atoms with Gasteiger partial charge in [0, 0.05) is 19.4 Å². The van der Waals surface area contributed by atoms with Crippen LogP contribution in [-0.2, 0) is 121 Å². The molecule has 0 heterocycles. The van der Waals surface area contributed by atoms with Crippen LogP contribution in [0.2, 0.25) is 0 Å². The zero-order valence-corrected chi connectivity index (χ0v) is 64.3. The monoisotopic (exact) mass is 1510 g/mol. The Morgan fingerprint density at radius 2 is 0.722 bits per heavy atom. The molecule has 0 bridgehead atoms. The summed E-state index contributed by atoms with van der Waals surface area (Å²) in [5, 5.41) is 2.76. The second-order valence-corrected chi connectivity index (χ2v) is 28.7. The van der Waals surface area contributed by atoms with Crippen LogP contribution >= 0.6 is 7.82 Å². The predicted molar refractivity (Wildman–Crippen MR) is 413 cm³/mol. The molecule has 21 heteroatoms. The number of amides is 1. The fourth-order valence-corrected chi connectivity index (χ4v) is 13.8. The smallest absolute Gasteiger partial charge is 0.475 e. The van der Waals surface area contributed by atoms with Crippen molar-refractivity contribution in [1.29, 1.82) is 0 Å². The van der Waals surface area contributed by atoms with Gasteiger partial charge in [-0.1, -0.05) is 279 Å². The lowest BCUT2D eigenvalue weighted by Crippen LogP contribution is -2.67. The molecule has 8 atom stereocenters. The van der Waals surface area contributed by atoms with Crippen molar-refractivity contribution in [2.24, 2.45) is 0 Å². The highest BCUT2D eigenvalue weighted by Crippen LogP contribution is 2.54. The first kappa shape index (κ1) is 85.8. The van der Waals surface area contributed by atoms with Crippen molar-refractivity contribution in [2.45, 2.75) is 224 Å². The normalized spacial score (nSPS) is 17.1. The van der Waals surface area contributed by atoms with Gasteiger partial charge in [-0.05, 0) is 82.5 Å². The third-order valence-corrected chi connectivity index (χ3v) is 19.9. The summed E-state index contributed by atoms with van der Waals surface area (Å²) in [7, 11) is -1.85. The molecule has 1 aliphatic rings. The zero-order chi connectivity index (χ0) is 75.7. The molecule has 1 unspecified atom stereocenters. The average Bonchev–Trinajstić information content (AvgIpc) is 0.757. The third kappa shape index (κ3) is 33.6. The van der Waals surface area contributed by atoms with Gasteiger partial charge in [0.25, 0.3) is 0 Å². The Labute approximate surface area is 639 Å². The van der Waals surface area contributed by atoms with E-state index in [1.165, 1.54) is 64.2 Å². The van der Waals surface area contributed by atoms with Crippen molar-refractivity contribution in [2.75, 3.05) is 47.6 Å². The highest BCUT2D eigenvalue weighted by molar-refractivity contribution is 7.48. The van der Waals surface area contributed by atoms with Crippen LogP contribution < -0.4 is 14.8 Å². The van der Waals surface area contributed by atoms with E-state index in [-0.39, 0.29) is 72.7 Å². The summed E-state index contributed by atoms with van der Waals surface area (Å²) in [4.78, 5) is 40.2. The molecular weight excluding hydrogens is 1390 g/mol. The van der Waals surface area contributed by atoms with Crippen LogP contribution in [0.25, 0.3) is 0 Å². The lowest BCUT2D eigenvalue weighted by Gasteiger charge is -2.49. The van der Waals surface area contributed by atoms with Gasteiger partial charge in [0.2, 0.25) is 0 Å². The minimum absolute atomic E-state index is 0.00131. The number of benzene rings is 7. The van der Waals surface area contributed by atoms with Crippen LogP contribution in [0.1, 0.15) is 174 Å². The number of methoxy groups -OCH3 is 2. The molecule has 1 N–H and O–H groups in total. The molecule has 20 nitrogen and oxygen atoms in total. The quantitative estimate of drug-likeness (QED) is 0.0123. The summed E-state index contributed by atoms with van der Waals surface area (Å²) in [5.41, 5.74) is 5.63. The number of unbranched alkanes of at least 4 members (excludes halogenated alkanes) is 16. The highest BCUT2D eigenvalue weighted by Gasteiger charge is 2.57. The van der Waals surface area contributed by atoms with E-state index in [0.29, 0.717) is 49.3 Å². The molecule has 1 amide bonds. The lowest BCUT2D eigenvalue weighted by molar-refractivity contribution is -0.296. The summed E-state index contributed by atoms with van der Waals surface area (Å²) < 4.78 is 113. The lowest BCUT2D eigenvalue weighted by atomic mass is 9.83. The first-order valence-electron chi connectivity index (χ1n) is 38.6. The Hall–Kier alpha value is -7.82. The molecule has 1 aliphatic carbocycles. The van der Waals surface area contributed by atoms with Crippen LogP contribution in [-0.4, -0.2) is 108 Å². The summed E-state index contributed by atoms with van der Waals surface area (Å²) >= 11 is 0. The third-order valence-electron chi connectivity index (χ3n) is 18.5. The van der Waals surface area contributed by atoms with Crippen molar-refractivity contribution in [3.63, 3.8) is 0 Å². The number of alkyl carbamates (subject to hydrolysis) is 1. The van der Waals surface area contributed by atoms with E-state index in [1.54, 1.807) is 26.4 Å². The molecule has 108 heavy (non-hydrogen) atoms. The molecule has 0 aromatic heterocycles. The Morgan fingerprint density at radius 3 is 1.15 bits per heavy atom. The van der Waals surface area contributed by atoms with Crippen molar-refractivity contribution < 1.29 is 89.4 Å². The van der Waals surface area contributed by atoms with Crippen molar-refractivity contribution in [3.8, 4) is 11.5 Å². The van der Waals surface area contributed by atoms with Crippen LogP contribution in [0, 0.1) is 0 Å². The van der Waals surface area contributed by atoms with Gasteiger partial charge in [0.05, 0.1) is 60.5 Å². The summed E-state index contributed by atoms with van der Waals surface area (Å²) in [5.74, 6) is 0.182. The Kier molecular flexibility index (Phi) is 40.9. The Balaban J connectivity index is 1.09. The number of esters is 2. The van der Waals surface area contributed by atoms with E-state index in [0.717, 1.165) is 59.1 Å². The minimum atomic E-state index is -5.05. The molecular formula is C87H114NO19P. The summed E-state index contributed by atoms with van der Waals surface area (Å²) in [6, 6.07) is 62.3. The molecule has 7 aromatic carbocycles. The fourth-order valence-electron chi connectivity index (χ4n) is 12.5. The first-order chi connectivity index (χ1) is 53.1. The van der Waals surface area contributed by atoms with E-state index in [4.69, 9.17) is 70.4 Å². The van der Waals surface area contributed by atoms with Gasteiger partial charge in [0.15, 0.2) is 6.10 Å². The number of hydrogen-bond acceptors (Lipinski definition) is 19. The van der Waals surface area contributed by atoms with Crippen LogP contribution in [0.5, 0.6) is 11.5 Å². The number of phosphoric ester groups is 1. The number of carbonyl (C=O) groups is 3. The number of carbonyl (C=O) groups excluding carboxylic acids is 3. The molecule has 0 radical (unpaired) electrons. The van der Waals surface area contributed by atoms with E-state index < -0.39 is 81.8 Å². The van der Waals surface area contributed by atoms with Gasteiger partial charge < -0.3 is 62.2 Å². The standard InChI is InChI=1S/C87H114NO19P/c1-4-5-6-7-8-9-10-11-12-13-14-15-16-17-34-48-80(90)106-78(65-97-79(89)47-35-23-36-57-88-87(91)101-63-72-43-30-21-31-44-72)66-105-108(92,104-64-73-45-32-22-33-46-73)107-86-84(102-67-95-58-69-37-24-18-25-38-69)82(98-60-71-41-28-20-29-42-71)81(99-61-74-49-53-76(93-2)54-50-74)83(100-62-75-51-55-77(94-3)56-52-75)85(86)103-68-96-59-70-39-26-19-27-40-70/h18-22,24-33,37-46,49-56,78,81-86H,4-17,23,34-36,47-48,57-68H2,1-3H3,(H,88,91)/t78-,81+,82+,83-,84+,85+,86+,108?/m0/s1. The number of rotatable bonds is 56. The highest BCUT2D eigenvalue weighted by atomic mass is 31.2.